The number of amides is 1. The summed E-state index contributed by atoms with van der Waals surface area (Å²) < 4.78 is 11.7. The fourth-order valence-electron chi connectivity index (χ4n) is 3.25. The smallest absolute Gasteiger partial charge is 0.353 e. The van der Waals surface area contributed by atoms with E-state index in [1.807, 2.05) is 24.3 Å². The number of benzene rings is 2. The van der Waals surface area contributed by atoms with Crippen LogP contribution in [-0.4, -0.2) is 41.0 Å². The Morgan fingerprint density at radius 2 is 2.00 bits per heavy atom. The topological polar surface area (TPSA) is 102 Å². The first-order valence-electron chi connectivity index (χ1n) is 9.30. The van der Waals surface area contributed by atoms with Crippen LogP contribution in [0.3, 0.4) is 0 Å². The molecule has 1 fully saturated rings. The molecule has 0 saturated carbocycles. The highest BCUT2D eigenvalue weighted by Crippen LogP contribution is 2.33. The summed E-state index contributed by atoms with van der Waals surface area (Å²) in [6, 6.07) is 13.4. The number of ether oxygens (including phenoxy) is 2. The number of thiophene rings is 1. The quantitative estimate of drug-likeness (QED) is 0.491. The van der Waals surface area contributed by atoms with Gasteiger partial charge in [0.2, 0.25) is 0 Å². The Morgan fingerprint density at radius 3 is 2.70 bits per heavy atom. The van der Waals surface area contributed by atoms with Crippen molar-refractivity contribution in [3.63, 3.8) is 0 Å². The summed E-state index contributed by atoms with van der Waals surface area (Å²) >= 11 is 1.25. The average molecular weight is 425 g/mol. The second kappa shape index (κ2) is 7.55. The van der Waals surface area contributed by atoms with E-state index in [0.717, 1.165) is 10.1 Å². The van der Waals surface area contributed by atoms with Crippen LogP contribution in [0.2, 0.25) is 0 Å². The largest absolute Gasteiger partial charge is 0.504 e. The summed E-state index contributed by atoms with van der Waals surface area (Å²) in [4.78, 5) is 38.1. The second-order valence-electron chi connectivity index (χ2n) is 7.22. The van der Waals surface area contributed by atoms with Crippen LogP contribution in [0, 0.1) is 0 Å². The van der Waals surface area contributed by atoms with E-state index < -0.39 is 23.5 Å². The minimum absolute atomic E-state index is 0.0578. The van der Waals surface area contributed by atoms with Crippen molar-refractivity contribution in [1.82, 2.24) is 5.32 Å². The summed E-state index contributed by atoms with van der Waals surface area (Å²) in [5.41, 5.74) is -1.27. The molecule has 1 aliphatic heterocycles. The van der Waals surface area contributed by atoms with Gasteiger partial charge in [-0.15, -0.1) is 11.3 Å². The number of rotatable bonds is 4. The minimum Gasteiger partial charge on any atom is -0.504 e. The number of fused-ring (bicyclic) bond motifs is 1. The number of hydrogen-bond donors (Lipinski definition) is 2. The molecule has 3 aromatic rings. The van der Waals surface area contributed by atoms with Gasteiger partial charge in [0.15, 0.2) is 17.3 Å². The molecule has 1 aliphatic rings. The van der Waals surface area contributed by atoms with Gasteiger partial charge in [-0.3, -0.25) is 9.59 Å². The van der Waals surface area contributed by atoms with Crippen LogP contribution in [0.4, 0.5) is 0 Å². The van der Waals surface area contributed by atoms with Crippen molar-refractivity contribution < 1.29 is 29.0 Å². The Morgan fingerprint density at radius 1 is 1.23 bits per heavy atom. The van der Waals surface area contributed by atoms with E-state index in [2.05, 4.69) is 5.32 Å². The fraction of sp³-hybridized carbons (Fsp3) is 0.227. The van der Waals surface area contributed by atoms with Crippen LogP contribution in [-0.2, 0) is 9.53 Å². The summed E-state index contributed by atoms with van der Waals surface area (Å²) in [7, 11) is 0. The summed E-state index contributed by atoms with van der Waals surface area (Å²) in [5.74, 6) is -2.22. The number of phenolic OH excluding ortho intramolecular Hbond substituents is 1. The molecule has 0 bridgehead atoms. The highest BCUT2D eigenvalue weighted by molar-refractivity contribution is 7.20. The van der Waals surface area contributed by atoms with E-state index in [1.165, 1.54) is 29.5 Å². The molecule has 0 radical (unpaired) electrons. The van der Waals surface area contributed by atoms with Gasteiger partial charge in [0.1, 0.15) is 17.0 Å². The lowest BCUT2D eigenvalue weighted by Crippen LogP contribution is -2.55. The Balaban J connectivity index is 1.62. The van der Waals surface area contributed by atoms with Crippen LogP contribution in [0.15, 0.2) is 48.5 Å². The Bertz CT molecular complexity index is 1140. The number of carbonyl (C=O) groups is 3. The van der Waals surface area contributed by atoms with E-state index in [-0.39, 0.29) is 29.5 Å². The molecule has 2 aromatic carbocycles. The fourth-order valence-corrected chi connectivity index (χ4v) is 4.19. The van der Waals surface area contributed by atoms with Crippen LogP contribution >= 0.6 is 11.3 Å². The van der Waals surface area contributed by atoms with Gasteiger partial charge in [-0.25, -0.2) is 4.79 Å². The van der Waals surface area contributed by atoms with Crippen molar-refractivity contribution in [3.05, 3.63) is 59.0 Å². The molecule has 1 amide bonds. The normalized spacial score (nSPS) is 21.0. The molecular weight excluding hydrogens is 406 g/mol. The Kier molecular flexibility index (Phi) is 5.05. The van der Waals surface area contributed by atoms with Gasteiger partial charge in [-0.1, -0.05) is 24.3 Å². The van der Waals surface area contributed by atoms with Gasteiger partial charge < -0.3 is 19.9 Å². The molecule has 7 nitrogen and oxygen atoms in total. The molecule has 0 aliphatic carbocycles. The number of hydrogen-bond acceptors (Lipinski definition) is 7. The van der Waals surface area contributed by atoms with Gasteiger partial charge >= 0.3 is 5.97 Å². The Labute approximate surface area is 176 Å². The summed E-state index contributed by atoms with van der Waals surface area (Å²) in [5, 5.41) is 13.8. The lowest BCUT2D eigenvalue weighted by Gasteiger charge is -2.27. The van der Waals surface area contributed by atoms with Crippen molar-refractivity contribution >= 4 is 39.1 Å². The van der Waals surface area contributed by atoms with Crippen LogP contribution in [0.1, 0.15) is 33.9 Å². The second-order valence-corrected chi connectivity index (χ2v) is 8.31. The number of ketones is 1. The molecule has 1 aromatic heterocycles. The monoisotopic (exact) mass is 425 g/mol. The molecule has 4 rings (SSSR count). The van der Waals surface area contributed by atoms with E-state index >= 15 is 0 Å². The zero-order valence-corrected chi connectivity index (χ0v) is 17.1. The lowest BCUT2D eigenvalue weighted by atomic mass is 9.93. The zero-order chi connectivity index (χ0) is 21.5. The molecule has 8 heteroatoms. The van der Waals surface area contributed by atoms with Gasteiger partial charge in [-0.2, -0.15) is 0 Å². The first-order chi connectivity index (χ1) is 14.3. The summed E-state index contributed by atoms with van der Waals surface area (Å²) in [6.45, 7) is 3.18. The SMILES string of the molecule is CC1OCC(=O)C1(C)NC(=O)c1cccc(O)c1OC(=O)c1cc2ccccc2s1. The van der Waals surface area contributed by atoms with E-state index in [1.54, 1.807) is 19.9 Å². The van der Waals surface area contributed by atoms with E-state index in [0.29, 0.717) is 4.88 Å². The number of esters is 1. The molecule has 154 valence electrons. The average Bonchev–Trinajstić information content (AvgIpc) is 3.26. The molecule has 1 saturated heterocycles. The molecule has 0 spiro atoms. The van der Waals surface area contributed by atoms with Gasteiger partial charge in [0.05, 0.1) is 11.7 Å². The van der Waals surface area contributed by atoms with Gasteiger partial charge in [-0.05, 0) is 43.5 Å². The zero-order valence-electron chi connectivity index (χ0n) is 16.3. The van der Waals surface area contributed by atoms with Crippen molar-refractivity contribution in [3.8, 4) is 11.5 Å². The third kappa shape index (κ3) is 3.44. The number of phenols is 1. The molecular formula is C22H19NO6S. The number of aromatic hydroxyl groups is 1. The molecule has 2 N–H and O–H groups in total. The first-order valence-corrected chi connectivity index (χ1v) is 10.1. The van der Waals surface area contributed by atoms with Crippen LogP contribution in [0.25, 0.3) is 10.1 Å². The number of Topliss-reactive ketones (excluding diaryl/α,β-unsaturated/α-hetero) is 1. The number of para-hydroxylation sites is 1. The van der Waals surface area contributed by atoms with E-state index in [9.17, 15) is 19.5 Å². The van der Waals surface area contributed by atoms with Crippen molar-refractivity contribution in [1.29, 1.82) is 0 Å². The maximum Gasteiger partial charge on any atom is 0.353 e. The van der Waals surface area contributed by atoms with Crippen LogP contribution < -0.4 is 10.1 Å². The lowest BCUT2D eigenvalue weighted by molar-refractivity contribution is -0.121. The highest BCUT2D eigenvalue weighted by atomic mass is 32.1. The maximum absolute atomic E-state index is 12.9. The Hall–Kier alpha value is -3.23. The molecule has 2 atom stereocenters. The maximum atomic E-state index is 12.9. The molecule has 2 unspecified atom stereocenters. The molecule has 30 heavy (non-hydrogen) atoms. The number of nitrogens with one attached hydrogen (secondary N) is 1. The van der Waals surface area contributed by atoms with Gasteiger partial charge in [0, 0.05) is 4.70 Å². The van der Waals surface area contributed by atoms with Crippen molar-refractivity contribution in [2.45, 2.75) is 25.5 Å². The van der Waals surface area contributed by atoms with E-state index in [4.69, 9.17) is 9.47 Å². The van der Waals surface area contributed by atoms with Crippen LogP contribution in [0.5, 0.6) is 11.5 Å². The highest BCUT2D eigenvalue weighted by Gasteiger charge is 2.46. The first kappa shape index (κ1) is 20.1. The third-order valence-electron chi connectivity index (χ3n) is 5.29. The minimum atomic E-state index is -1.21. The van der Waals surface area contributed by atoms with Crippen molar-refractivity contribution in [2.24, 2.45) is 0 Å². The van der Waals surface area contributed by atoms with Gasteiger partial charge in [0.25, 0.3) is 5.91 Å². The van der Waals surface area contributed by atoms with Crippen molar-refractivity contribution in [2.75, 3.05) is 6.61 Å². The predicted octanol–water partition coefficient (Wildman–Crippen LogP) is 3.30. The summed E-state index contributed by atoms with van der Waals surface area (Å²) in [6.07, 6.45) is -0.518. The number of carbonyl (C=O) groups excluding carboxylic acids is 3. The third-order valence-corrected chi connectivity index (χ3v) is 6.39. The molecule has 2 heterocycles. The standard InChI is InChI=1S/C22H19NO6S/c1-12-22(2,18(25)11-28-12)23-20(26)14-7-5-8-15(24)19(14)29-21(27)17-10-13-6-3-4-9-16(13)30-17/h3-10,12,24H,11H2,1-2H3,(H,23,26). The predicted molar refractivity (Wildman–Crippen MR) is 111 cm³/mol.